The summed E-state index contributed by atoms with van der Waals surface area (Å²) >= 11 is 0. The number of hydrogen-bond donors (Lipinski definition) is 1. The lowest BCUT2D eigenvalue weighted by atomic mass is 9.92. The van der Waals surface area contributed by atoms with Crippen LogP contribution in [0.3, 0.4) is 0 Å². The quantitative estimate of drug-likeness (QED) is 0.848. The lowest BCUT2D eigenvalue weighted by Gasteiger charge is -2.16. The van der Waals surface area contributed by atoms with Crippen molar-refractivity contribution in [3.63, 3.8) is 0 Å². The lowest BCUT2D eigenvalue weighted by molar-refractivity contribution is 0.0599. The number of carbonyl (C=O) groups excluding carboxylic acids is 1. The van der Waals surface area contributed by atoms with Crippen molar-refractivity contribution < 1.29 is 9.53 Å². The molecule has 0 spiro atoms. The van der Waals surface area contributed by atoms with Crippen molar-refractivity contribution in [1.82, 2.24) is 0 Å². The van der Waals surface area contributed by atoms with Crippen molar-refractivity contribution in [3.8, 4) is 0 Å². The third-order valence-electron chi connectivity index (χ3n) is 4.17. The molecule has 2 rings (SSSR count). The van der Waals surface area contributed by atoms with Gasteiger partial charge in [-0.1, -0.05) is 24.1 Å². The van der Waals surface area contributed by atoms with Crippen LogP contribution in [0.5, 0.6) is 0 Å². The van der Waals surface area contributed by atoms with Gasteiger partial charge in [-0.25, -0.2) is 4.79 Å². The summed E-state index contributed by atoms with van der Waals surface area (Å²) in [5, 5.41) is 0. The summed E-state index contributed by atoms with van der Waals surface area (Å²) in [6.07, 6.45) is 5.57. The minimum atomic E-state index is -0.245. The average Bonchev–Trinajstić information content (AvgIpc) is 2.81. The van der Waals surface area contributed by atoms with Gasteiger partial charge in [-0.2, -0.15) is 0 Å². The number of ether oxygens (including phenoxy) is 1. The van der Waals surface area contributed by atoms with Crippen LogP contribution in [0.1, 0.15) is 47.2 Å². The molecule has 0 heterocycles. The van der Waals surface area contributed by atoms with Crippen molar-refractivity contribution >= 4 is 5.97 Å². The standard InChI is InChI=1S/C16H23NO2/c1-11-6-9-14(16(18)19-2)13(10-11)8-7-12-4-3-5-15(12)17/h6,9-10,12,15H,3-5,7-8,17H2,1-2H3/t12-,15-/m0/s1. The van der Waals surface area contributed by atoms with Crippen LogP contribution in [0, 0.1) is 12.8 Å². The maximum absolute atomic E-state index is 11.8. The molecule has 2 atom stereocenters. The molecule has 104 valence electrons. The van der Waals surface area contributed by atoms with E-state index in [-0.39, 0.29) is 5.97 Å². The summed E-state index contributed by atoms with van der Waals surface area (Å²) in [6.45, 7) is 2.05. The molecule has 0 radical (unpaired) electrons. The van der Waals surface area contributed by atoms with Gasteiger partial charge in [-0.05, 0) is 50.2 Å². The minimum Gasteiger partial charge on any atom is -0.465 e. The Morgan fingerprint density at radius 3 is 2.84 bits per heavy atom. The molecular weight excluding hydrogens is 238 g/mol. The zero-order valence-corrected chi connectivity index (χ0v) is 11.8. The van der Waals surface area contributed by atoms with Gasteiger partial charge in [-0.15, -0.1) is 0 Å². The van der Waals surface area contributed by atoms with Crippen LogP contribution < -0.4 is 5.73 Å². The van der Waals surface area contributed by atoms with E-state index in [1.807, 2.05) is 19.1 Å². The van der Waals surface area contributed by atoms with Crippen LogP contribution in [0.15, 0.2) is 18.2 Å². The molecule has 19 heavy (non-hydrogen) atoms. The Bertz CT molecular complexity index is 456. The first-order chi connectivity index (χ1) is 9.11. The van der Waals surface area contributed by atoms with Crippen molar-refractivity contribution in [2.75, 3.05) is 7.11 Å². The molecule has 0 bridgehead atoms. The monoisotopic (exact) mass is 261 g/mol. The lowest BCUT2D eigenvalue weighted by Crippen LogP contribution is -2.24. The van der Waals surface area contributed by atoms with Crippen LogP contribution in [-0.2, 0) is 11.2 Å². The van der Waals surface area contributed by atoms with Crippen LogP contribution in [0.25, 0.3) is 0 Å². The third kappa shape index (κ3) is 3.35. The van der Waals surface area contributed by atoms with Gasteiger partial charge in [0.1, 0.15) is 0 Å². The molecule has 0 aromatic heterocycles. The third-order valence-corrected chi connectivity index (χ3v) is 4.17. The highest BCUT2D eigenvalue weighted by Crippen LogP contribution is 2.28. The van der Waals surface area contributed by atoms with Crippen molar-refractivity contribution in [1.29, 1.82) is 0 Å². The molecule has 1 fully saturated rings. The Labute approximate surface area is 115 Å². The predicted octanol–water partition coefficient (Wildman–Crippen LogP) is 2.84. The Morgan fingerprint density at radius 1 is 1.42 bits per heavy atom. The van der Waals surface area contributed by atoms with Gasteiger partial charge in [0.05, 0.1) is 12.7 Å². The van der Waals surface area contributed by atoms with Crippen LogP contribution in [0.4, 0.5) is 0 Å². The topological polar surface area (TPSA) is 52.3 Å². The smallest absolute Gasteiger partial charge is 0.338 e. The molecular formula is C16H23NO2. The van der Waals surface area contributed by atoms with E-state index in [9.17, 15) is 4.79 Å². The fourth-order valence-corrected chi connectivity index (χ4v) is 3.00. The van der Waals surface area contributed by atoms with Gasteiger partial charge in [0.15, 0.2) is 0 Å². The van der Waals surface area contributed by atoms with E-state index in [0.717, 1.165) is 24.8 Å². The second-order valence-corrected chi connectivity index (χ2v) is 5.55. The zero-order valence-electron chi connectivity index (χ0n) is 11.8. The number of benzene rings is 1. The Morgan fingerprint density at radius 2 is 2.21 bits per heavy atom. The summed E-state index contributed by atoms with van der Waals surface area (Å²) in [5.41, 5.74) is 9.07. The largest absolute Gasteiger partial charge is 0.465 e. The highest BCUT2D eigenvalue weighted by molar-refractivity contribution is 5.91. The molecule has 1 saturated carbocycles. The highest BCUT2D eigenvalue weighted by Gasteiger charge is 2.24. The maximum atomic E-state index is 11.8. The molecule has 0 aliphatic heterocycles. The second kappa shape index (κ2) is 6.20. The Kier molecular flexibility index (Phi) is 4.59. The van der Waals surface area contributed by atoms with Crippen molar-refractivity contribution in [2.45, 2.75) is 45.1 Å². The van der Waals surface area contributed by atoms with Crippen LogP contribution in [0.2, 0.25) is 0 Å². The molecule has 1 aliphatic carbocycles. The highest BCUT2D eigenvalue weighted by atomic mass is 16.5. The number of esters is 1. The van der Waals surface area contributed by atoms with Crippen molar-refractivity contribution in [2.24, 2.45) is 11.7 Å². The molecule has 1 aliphatic rings. The summed E-state index contributed by atoms with van der Waals surface area (Å²) in [4.78, 5) is 11.8. The summed E-state index contributed by atoms with van der Waals surface area (Å²) in [6, 6.07) is 6.25. The number of nitrogens with two attached hydrogens (primary N) is 1. The Hall–Kier alpha value is -1.35. The first-order valence-electron chi connectivity index (χ1n) is 7.05. The number of rotatable bonds is 4. The van der Waals surface area contributed by atoms with E-state index in [0.29, 0.717) is 17.5 Å². The maximum Gasteiger partial charge on any atom is 0.338 e. The van der Waals surface area contributed by atoms with E-state index in [1.165, 1.54) is 25.5 Å². The van der Waals surface area contributed by atoms with E-state index >= 15 is 0 Å². The van der Waals surface area contributed by atoms with Gasteiger partial charge < -0.3 is 10.5 Å². The molecule has 2 N–H and O–H groups in total. The predicted molar refractivity (Wildman–Crippen MR) is 76.2 cm³/mol. The number of carbonyl (C=O) groups is 1. The van der Waals surface area contributed by atoms with E-state index in [4.69, 9.17) is 10.5 Å². The van der Waals surface area contributed by atoms with Gasteiger partial charge in [0, 0.05) is 6.04 Å². The van der Waals surface area contributed by atoms with Crippen LogP contribution in [-0.4, -0.2) is 19.1 Å². The summed E-state index contributed by atoms with van der Waals surface area (Å²) < 4.78 is 4.85. The second-order valence-electron chi connectivity index (χ2n) is 5.55. The fourth-order valence-electron chi connectivity index (χ4n) is 3.00. The molecule has 0 unspecified atom stereocenters. The SMILES string of the molecule is COC(=O)c1ccc(C)cc1CC[C@@H]1CCC[C@@H]1N. The molecule has 1 aromatic carbocycles. The fraction of sp³-hybridized carbons (Fsp3) is 0.562. The van der Waals surface area contributed by atoms with Crippen molar-refractivity contribution in [3.05, 3.63) is 34.9 Å². The molecule has 1 aromatic rings. The van der Waals surface area contributed by atoms with E-state index in [2.05, 4.69) is 6.07 Å². The zero-order chi connectivity index (χ0) is 13.8. The summed E-state index contributed by atoms with van der Waals surface area (Å²) in [7, 11) is 1.43. The molecule has 3 heteroatoms. The van der Waals surface area contributed by atoms with E-state index < -0.39 is 0 Å². The van der Waals surface area contributed by atoms with Gasteiger partial charge >= 0.3 is 5.97 Å². The van der Waals surface area contributed by atoms with Gasteiger partial charge in [0.2, 0.25) is 0 Å². The van der Waals surface area contributed by atoms with Gasteiger partial charge in [-0.3, -0.25) is 0 Å². The first kappa shape index (κ1) is 14.1. The average molecular weight is 261 g/mol. The Balaban J connectivity index is 2.09. The van der Waals surface area contributed by atoms with E-state index in [1.54, 1.807) is 0 Å². The minimum absolute atomic E-state index is 0.245. The molecule has 3 nitrogen and oxygen atoms in total. The van der Waals surface area contributed by atoms with Gasteiger partial charge in [0.25, 0.3) is 0 Å². The summed E-state index contributed by atoms with van der Waals surface area (Å²) in [5.74, 6) is 0.358. The first-order valence-corrected chi connectivity index (χ1v) is 7.05. The normalized spacial score (nSPS) is 22.5. The number of methoxy groups -OCH3 is 1. The number of aryl methyl sites for hydroxylation is 2. The molecule has 0 saturated heterocycles. The number of hydrogen-bond acceptors (Lipinski definition) is 3. The van der Waals surface area contributed by atoms with Crippen LogP contribution >= 0.6 is 0 Å². The molecule has 0 amide bonds.